The van der Waals surface area contributed by atoms with Crippen LogP contribution in [-0.4, -0.2) is 16.5 Å². The number of esters is 1. The Morgan fingerprint density at radius 3 is 2.07 bits per heavy atom. The summed E-state index contributed by atoms with van der Waals surface area (Å²) in [5.41, 5.74) is 0.171. The molecular weight excluding hydrogens is 386 g/mol. The molecule has 0 atom stereocenters. The molecule has 0 aliphatic carbocycles. The monoisotopic (exact) mass is 407 g/mol. The van der Waals surface area contributed by atoms with Gasteiger partial charge in [0.2, 0.25) is 0 Å². The lowest BCUT2D eigenvalue weighted by atomic mass is 9.91. The summed E-state index contributed by atoms with van der Waals surface area (Å²) in [6.45, 7) is 6.74. The summed E-state index contributed by atoms with van der Waals surface area (Å²) >= 11 is 0. The topological polar surface area (TPSA) is 99.6 Å². The lowest BCUT2D eigenvalue weighted by Crippen LogP contribution is -2.25. The third-order valence-corrected chi connectivity index (χ3v) is 4.33. The third kappa shape index (κ3) is 4.30. The molecule has 1 aromatic heterocycles. The maximum atomic E-state index is 13.1. The molecule has 0 saturated carbocycles. The van der Waals surface area contributed by atoms with E-state index in [0.717, 1.165) is 0 Å². The van der Waals surface area contributed by atoms with E-state index >= 15 is 0 Å². The Morgan fingerprint density at radius 2 is 1.53 bits per heavy atom. The molecule has 7 nitrogen and oxygen atoms in total. The summed E-state index contributed by atoms with van der Waals surface area (Å²) in [5, 5.41) is 11.0. The lowest BCUT2D eigenvalue weighted by Gasteiger charge is -2.22. The molecule has 154 valence electrons. The zero-order chi connectivity index (χ0) is 22.1. The second-order valence-corrected chi connectivity index (χ2v) is 7.74. The minimum Gasteiger partial charge on any atom is -0.456 e. The van der Waals surface area contributed by atoms with Gasteiger partial charge >= 0.3 is 11.6 Å². The molecule has 0 radical (unpaired) electrons. The molecule has 0 N–H and O–H groups in total. The number of carbonyl (C=O) groups is 1. The highest BCUT2D eigenvalue weighted by atomic mass is 16.6. The van der Waals surface area contributed by atoms with E-state index in [9.17, 15) is 19.7 Å². The number of nitrogens with zero attached hydrogens (tertiary/aromatic N) is 1. The number of benzene rings is 2. The van der Waals surface area contributed by atoms with Gasteiger partial charge in [0.15, 0.2) is 0 Å². The van der Waals surface area contributed by atoms with Crippen LogP contribution in [0.15, 0.2) is 63.8 Å². The van der Waals surface area contributed by atoms with Gasteiger partial charge in [0.1, 0.15) is 16.9 Å². The summed E-state index contributed by atoms with van der Waals surface area (Å²) < 4.78 is 10.9. The van der Waals surface area contributed by atoms with Crippen LogP contribution in [0.1, 0.15) is 36.9 Å². The fourth-order valence-corrected chi connectivity index (χ4v) is 3.12. The van der Waals surface area contributed by atoms with E-state index < -0.39 is 22.1 Å². The molecule has 0 saturated heterocycles. The SMILES string of the molecule is Cc1oc(=O)c(-c2ccccc2)c(-c2ccc([N+](=O)[O-])cc2)c1C(=O)OC(C)(C)C. The third-order valence-electron chi connectivity index (χ3n) is 4.33. The number of non-ortho nitro benzene ring substituents is 1. The highest BCUT2D eigenvalue weighted by Gasteiger charge is 2.28. The van der Waals surface area contributed by atoms with Crippen molar-refractivity contribution in [2.45, 2.75) is 33.3 Å². The van der Waals surface area contributed by atoms with Gasteiger partial charge in [-0.2, -0.15) is 0 Å². The largest absolute Gasteiger partial charge is 0.456 e. The summed E-state index contributed by atoms with van der Waals surface area (Å²) in [6, 6.07) is 14.5. The molecule has 3 aromatic rings. The molecule has 7 heteroatoms. The predicted molar refractivity (Wildman–Crippen MR) is 112 cm³/mol. The maximum Gasteiger partial charge on any atom is 0.344 e. The molecule has 0 bridgehead atoms. The number of nitro groups is 1. The molecule has 0 spiro atoms. The van der Waals surface area contributed by atoms with Gasteiger partial charge in [-0.1, -0.05) is 30.3 Å². The van der Waals surface area contributed by atoms with Gasteiger partial charge in [-0.3, -0.25) is 10.1 Å². The van der Waals surface area contributed by atoms with Crippen LogP contribution in [0.2, 0.25) is 0 Å². The van der Waals surface area contributed by atoms with E-state index in [2.05, 4.69) is 0 Å². The summed E-state index contributed by atoms with van der Waals surface area (Å²) in [5.74, 6) is -0.531. The van der Waals surface area contributed by atoms with Crippen molar-refractivity contribution in [1.29, 1.82) is 0 Å². The van der Waals surface area contributed by atoms with Gasteiger partial charge in [-0.15, -0.1) is 0 Å². The smallest absolute Gasteiger partial charge is 0.344 e. The van der Waals surface area contributed by atoms with Gasteiger partial charge < -0.3 is 9.15 Å². The Hall–Kier alpha value is -3.74. The van der Waals surface area contributed by atoms with Crippen LogP contribution < -0.4 is 5.63 Å². The molecule has 3 rings (SSSR count). The second kappa shape index (κ2) is 7.94. The Labute approximate surface area is 173 Å². The van der Waals surface area contributed by atoms with Crippen LogP contribution in [0.5, 0.6) is 0 Å². The summed E-state index contributed by atoms with van der Waals surface area (Å²) in [7, 11) is 0. The number of aryl methyl sites for hydroxylation is 1. The minimum absolute atomic E-state index is 0.0986. The number of rotatable bonds is 4. The highest BCUT2D eigenvalue weighted by molar-refractivity contribution is 6.02. The molecule has 0 aliphatic rings. The van der Waals surface area contributed by atoms with Crippen LogP contribution in [-0.2, 0) is 4.74 Å². The number of carbonyl (C=O) groups excluding carboxylic acids is 1. The lowest BCUT2D eigenvalue weighted by molar-refractivity contribution is -0.384. The van der Waals surface area contributed by atoms with E-state index in [1.807, 2.05) is 0 Å². The minimum atomic E-state index is -0.765. The van der Waals surface area contributed by atoms with Gasteiger partial charge in [-0.05, 0) is 51.0 Å². The van der Waals surface area contributed by atoms with Crippen LogP contribution in [0.3, 0.4) is 0 Å². The Morgan fingerprint density at radius 1 is 0.967 bits per heavy atom. The summed E-state index contributed by atoms with van der Waals surface area (Å²) in [6.07, 6.45) is 0. The van der Waals surface area contributed by atoms with Crippen molar-refractivity contribution in [1.82, 2.24) is 0 Å². The number of ether oxygens (including phenoxy) is 1. The molecule has 0 unspecified atom stereocenters. The van der Waals surface area contributed by atoms with Crippen molar-refractivity contribution in [3.05, 3.63) is 86.5 Å². The van der Waals surface area contributed by atoms with Crippen molar-refractivity contribution >= 4 is 11.7 Å². The Balaban J connectivity index is 2.36. The van der Waals surface area contributed by atoms with Crippen LogP contribution >= 0.6 is 0 Å². The van der Waals surface area contributed by atoms with Crippen molar-refractivity contribution in [3.63, 3.8) is 0 Å². The average molecular weight is 407 g/mol. The van der Waals surface area contributed by atoms with Gasteiger partial charge in [-0.25, -0.2) is 9.59 Å². The fraction of sp³-hybridized carbons (Fsp3) is 0.217. The normalized spacial score (nSPS) is 11.2. The standard InChI is InChI=1S/C23H21NO6/c1-14-18(22(26)30-23(2,3)4)19(16-10-12-17(13-11-16)24(27)28)20(21(25)29-14)15-8-6-5-7-9-15/h5-13H,1-4H3. The van der Waals surface area contributed by atoms with E-state index in [-0.39, 0.29) is 22.6 Å². The number of hydrogen-bond donors (Lipinski definition) is 0. The van der Waals surface area contributed by atoms with E-state index in [0.29, 0.717) is 16.7 Å². The molecule has 2 aromatic carbocycles. The van der Waals surface area contributed by atoms with Gasteiger partial charge in [0.25, 0.3) is 5.69 Å². The van der Waals surface area contributed by atoms with Crippen molar-refractivity contribution in [2.75, 3.05) is 0 Å². The quantitative estimate of drug-likeness (QED) is 0.337. The molecular formula is C23H21NO6. The Bertz CT molecular complexity index is 1160. The first-order chi connectivity index (χ1) is 14.1. The first kappa shape index (κ1) is 21.0. The molecule has 0 fully saturated rings. The van der Waals surface area contributed by atoms with Crippen molar-refractivity contribution in [2.24, 2.45) is 0 Å². The van der Waals surface area contributed by atoms with E-state index in [1.54, 1.807) is 51.1 Å². The van der Waals surface area contributed by atoms with Crippen molar-refractivity contribution in [3.8, 4) is 22.3 Å². The van der Waals surface area contributed by atoms with Gasteiger partial charge in [0, 0.05) is 17.7 Å². The van der Waals surface area contributed by atoms with E-state index in [1.165, 1.54) is 31.2 Å². The van der Waals surface area contributed by atoms with Crippen molar-refractivity contribution < 1.29 is 18.9 Å². The van der Waals surface area contributed by atoms with Crippen LogP contribution in [0.4, 0.5) is 5.69 Å². The number of nitro benzene ring substituents is 1. The number of hydrogen-bond acceptors (Lipinski definition) is 6. The molecule has 30 heavy (non-hydrogen) atoms. The second-order valence-electron chi connectivity index (χ2n) is 7.74. The first-order valence-corrected chi connectivity index (χ1v) is 9.30. The van der Waals surface area contributed by atoms with E-state index in [4.69, 9.17) is 9.15 Å². The highest BCUT2D eigenvalue weighted by Crippen LogP contribution is 2.36. The zero-order valence-corrected chi connectivity index (χ0v) is 17.1. The van der Waals surface area contributed by atoms with Crippen LogP contribution in [0.25, 0.3) is 22.3 Å². The fourth-order valence-electron chi connectivity index (χ4n) is 3.12. The van der Waals surface area contributed by atoms with Gasteiger partial charge in [0.05, 0.1) is 10.5 Å². The predicted octanol–water partition coefficient (Wildman–Crippen LogP) is 5.15. The average Bonchev–Trinajstić information content (AvgIpc) is 2.66. The molecule has 0 amide bonds. The van der Waals surface area contributed by atoms with Crippen LogP contribution in [0, 0.1) is 17.0 Å². The summed E-state index contributed by atoms with van der Waals surface area (Å²) in [4.78, 5) is 36.4. The first-order valence-electron chi connectivity index (χ1n) is 9.30. The zero-order valence-electron chi connectivity index (χ0n) is 17.1. The molecule has 1 heterocycles. The maximum absolute atomic E-state index is 13.1. The Kier molecular flexibility index (Phi) is 5.56. The molecule has 0 aliphatic heterocycles.